The van der Waals surface area contributed by atoms with Crippen LogP contribution in [0.2, 0.25) is 5.02 Å². The largest absolute Gasteiger partial charge is 0.396 e. The second-order valence-corrected chi connectivity index (χ2v) is 5.88. The van der Waals surface area contributed by atoms with Gasteiger partial charge in [-0.2, -0.15) is 0 Å². The van der Waals surface area contributed by atoms with E-state index in [0.717, 1.165) is 12.8 Å². The Bertz CT molecular complexity index is 439. The summed E-state index contributed by atoms with van der Waals surface area (Å²) in [5.74, 6) is -0.217. The van der Waals surface area contributed by atoms with Crippen LogP contribution in [0.5, 0.6) is 0 Å². The van der Waals surface area contributed by atoms with Crippen molar-refractivity contribution in [1.29, 1.82) is 0 Å². The highest BCUT2D eigenvalue weighted by Crippen LogP contribution is 2.27. The van der Waals surface area contributed by atoms with Crippen LogP contribution in [0.4, 0.5) is 0 Å². The fraction of sp³-hybridized carbons (Fsp3) is 0.500. The van der Waals surface area contributed by atoms with E-state index >= 15 is 0 Å². The van der Waals surface area contributed by atoms with E-state index in [1.807, 2.05) is 13.8 Å². The molecule has 0 heterocycles. The quantitative estimate of drug-likeness (QED) is 0.824. The van der Waals surface area contributed by atoms with Crippen LogP contribution in [0, 0.1) is 5.41 Å². The summed E-state index contributed by atoms with van der Waals surface area (Å²) in [6, 6.07) is 5.24. The molecule has 1 aromatic carbocycles. The number of carbonyl (C=O) groups is 1. The Morgan fingerprint density at radius 1 is 1.42 bits per heavy atom. The molecule has 1 amide bonds. The Morgan fingerprint density at radius 2 is 2.05 bits per heavy atom. The fourth-order valence-corrected chi connectivity index (χ4v) is 2.40. The molecule has 19 heavy (non-hydrogen) atoms. The molecular weight excluding hydrogens is 330 g/mol. The molecule has 0 radical (unpaired) electrons. The van der Waals surface area contributed by atoms with Gasteiger partial charge in [-0.3, -0.25) is 4.79 Å². The van der Waals surface area contributed by atoms with Gasteiger partial charge in [0.15, 0.2) is 0 Å². The first-order chi connectivity index (χ1) is 8.99. The van der Waals surface area contributed by atoms with Gasteiger partial charge in [0.2, 0.25) is 0 Å². The van der Waals surface area contributed by atoms with Gasteiger partial charge in [-0.15, -0.1) is 0 Å². The molecule has 5 heteroatoms. The Labute approximate surface area is 127 Å². The SMILES string of the molecule is CCC(CC)(CO)CNC(=O)c1cccc(Br)c1Cl. The highest BCUT2D eigenvalue weighted by Gasteiger charge is 2.26. The van der Waals surface area contributed by atoms with Crippen molar-refractivity contribution < 1.29 is 9.90 Å². The minimum absolute atomic E-state index is 0.0620. The molecule has 2 N–H and O–H groups in total. The van der Waals surface area contributed by atoms with Crippen molar-refractivity contribution in [3.05, 3.63) is 33.3 Å². The van der Waals surface area contributed by atoms with Crippen LogP contribution < -0.4 is 5.32 Å². The second kappa shape index (κ2) is 7.27. The van der Waals surface area contributed by atoms with Gasteiger partial charge >= 0.3 is 0 Å². The van der Waals surface area contributed by atoms with Crippen molar-refractivity contribution in [2.75, 3.05) is 13.2 Å². The Balaban J connectivity index is 2.78. The van der Waals surface area contributed by atoms with Crippen molar-refractivity contribution in [3.8, 4) is 0 Å². The number of benzene rings is 1. The Hall–Kier alpha value is -0.580. The van der Waals surface area contributed by atoms with Crippen LogP contribution in [-0.2, 0) is 0 Å². The van der Waals surface area contributed by atoms with Crippen molar-refractivity contribution in [1.82, 2.24) is 5.32 Å². The fourth-order valence-electron chi connectivity index (χ4n) is 1.82. The van der Waals surface area contributed by atoms with Gasteiger partial charge in [-0.25, -0.2) is 0 Å². The molecular formula is C14H19BrClNO2. The summed E-state index contributed by atoms with van der Waals surface area (Å²) in [6.45, 7) is 4.53. The first-order valence-electron chi connectivity index (χ1n) is 6.32. The van der Waals surface area contributed by atoms with Gasteiger partial charge in [0.25, 0.3) is 5.91 Å². The zero-order valence-corrected chi connectivity index (χ0v) is 13.5. The molecule has 106 valence electrons. The highest BCUT2D eigenvalue weighted by molar-refractivity contribution is 9.10. The zero-order valence-electron chi connectivity index (χ0n) is 11.2. The molecule has 0 spiro atoms. The maximum absolute atomic E-state index is 12.1. The number of rotatable bonds is 6. The summed E-state index contributed by atoms with van der Waals surface area (Å²) in [6.07, 6.45) is 1.62. The molecule has 0 aromatic heterocycles. The van der Waals surface area contributed by atoms with E-state index in [1.54, 1.807) is 18.2 Å². The summed E-state index contributed by atoms with van der Waals surface area (Å²) >= 11 is 9.38. The number of amides is 1. The molecule has 0 aliphatic heterocycles. The van der Waals surface area contributed by atoms with E-state index < -0.39 is 0 Å². The van der Waals surface area contributed by atoms with Crippen LogP contribution in [0.3, 0.4) is 0 Å². The summed E-state index contributed by atoms with van der Waals surface area (Å²) in [4.78, 5) is 12.1. The van der Waals surface area contributed by atoms with Gasteiger partial charge in [-0.05, 0) is 40.9 Å². The van der Waals surface area contributed by atoms with Crippen LogP contribution in [-0.4, -0.2) is 24.2 Å². The third kappa shape index (κ3) is 3.94. The van der Waals surface area contributed by atoms with Crippen LogP contribution in [0.1, 0.15) is 37.0 Å². The highest BCUT2D eigenvalue weighted by atomic mass is 79.9. The summed E-state index contributed by atoms with van der Waals surface area (Å²) in [7, 11) is 0. The van der Waals surface area contributed by atoms with E-state index in [2.05, 4.69) is 21.2 Å². The monoisotopic (exact) mass is 347 g/mol. The van der Waals surface area contributed by atoms with Gasteiger partial charge in [0.05, 0.1) is 17.2 Å². The predicted molar refractivity (Wildman–Crippen MR) is 81.6 cm³/mol. The summed E-state index contributed by atoms with van der Waals surface area (Å²) in [5, 5.41) is 12.7. The van der Waals surface area contributed by atoms with E-state index in [4.69, 9.17) is 11.6 Å². The third-order valence-electron chi connectivity index (χ3n) is 3.66. The number of aliphatic hydroxyl groups is 1. The molecule has 0 unspecified atom stereocenters. The molecule has 0 fully saturated rings. The smallest absolute Gasteiger partial charge is 0.252 e. The number of hydrogen-bond acceptors (Lipinski definition) is 2. The first-order valence-corrected chi connectivity index (χ1v) is 7.50. The molecule has 0 aliphatic rings. The molecule has 0 saturated carbocycles. The van der Waals surface area contributed by atoms with Gasteiger partial charge < -0.3 is 10.4 Å². The lowest BCUT2D eigenvalue weighted by molar-refractivity contribution is 0.0851. The van der Waals surface area contributed by atoms with Crippen molar-refractivity contribution >= 4 is 33.4 Å². The van der Waals surface area contributed by atoms with E-state index in [0.29, 0.717) is 21.6 Å². The maximum Gasteiger partial charge on any atom is 0.252 e. The normalized spacial score (nSPS) is 11.4. The molecule has 1 aromatic rings. The van der Waals surface area contributed by atoms with Crippen LogP contribution in [0.25, 0.3) is 0 Å². The lowest BCUT2D eigenvalue weighted by Crippen LogP contribution is -2.39. The minimum atomic E-state index is -0.256. The number of nitrogens with one attached hydrogen (secondary N) is 1. The van der Waals surface area contributed by atoms with Gasteiger partial charge in [0.1, 0.15) is 0 Å². The maximum atomic E-state index is 12.1. The standard InChI is InChI=1S/C14H19BrClNO2/c1-3-14(4-2,9-18)8-17-13(19)10-6-5-7-11(15)12(10)16/h5-7,18H,3-4,8-9H2,1-2H3,(H,17,19). The Morgan fingerprint density at radius 3 is 2.58 bits per heavy atom. The molecule has 3 nitrogen and oxygen atoms in total. The van der Waals surface area contributed by atoms with Crippen molar-refractivity contribution in [2.45, 2.75) is 26.7 Å². The van der Waals surface area contributed by atoms with Crippen LogP contribution >= 0.6 is 27.5 Å². The number of aliphatic hydroxyl groups excluding tert-OH is 1. The van der Waals surface area contributed by atoms with E-state index in [-0.39, 0.29) is 17.9 Å². The average Bonchev–Trinajstić information content (AvgIpc) is 2.44. The number of hydrogen-bond donors (Lipinski definition) is 2. The lowest BCUT2D eigenvalue weighted by atomic mass is 9.83. The number of carbonyl (C=O) groups excluding carboxylic acids is 1. The van der Waals surface area contributed by atoms with Crippen molar-refractivity contribution in [2.24, 2.45) is 5.41 Å². The summed E-state index contributed by atoms with van der Waals surface area (Å²) < 4.78 is 0.696. The average molecular weight is 349 g/mol. The first kappa shape index (κ1) is 16.5. The minimum Gasteiger partial charge on any atom is -0.396 e. The molecule has 1 rings (SSSR count). The molecule has 0 aliphatic carbocycles. The van der Waals surface area contributed by atoms with Gasteiger partial charge in [0, 0.05) is 16.4 Å². The molecule has 0 saturated heterocycles. The topological polar surface area (TPSA) is 49.3 Å². The van der Waals surface area contributed by atoms with Crippen LogP contribution in [0.15, 0.2) is 22.7 Å². The third-order valence-corrected chi connectivity index (χ3v) is 4.95. The Kier molecular flexibility index (Phi) is 6.30. The van der Waals surface area contributed by atoms with Gasteiger partial charge in [-0.1, -0.05) is 31.5 Å². The predicted octanol–water partition coefficient (Wildman–Crippen LogP) is 3.63. The number of halogens is 2. The molecule has 0 atom stereocenters. The summed E-state index contributed by atoms with van der Waals surface area (Å²) in [5.41, 5.74) is 0.184. The lowest BCUT2D eigenvalue weighted by Gasteiger charge is -2.29. The molecule has 0 bridgehead atoms. The van der Waals surface area contributed by atoms with Crippen molar-refractivity contribution in [3.63, 3.8) is 0 Å². The second-order valence-electron chi connectivity index (χ2n) is 4.65. The zero-order chi connectivity index (χ0) is 14.5. The van der Waals surface area contributed by atoms with E-state index in [9.17, 15) is 9.90 Å². The van der Waals surface area contributed by atoms with E-state index in [1.165, 1.54) is 0 Å².